The second kappa shape index (κ2) is 4.77. The Morgan fingerprint density at radius 2 is 2.00 bits per heavy atom. The van der Waals surface area contributed by atoms with E-state index in [4.69, 9.17) is 11.6 Å². The highest BCUT2D eigenvalue weighted by Crippen LogP contribution is 2.58. The van der Waals surface area contributed by atoms with Crippen LogP contribution < -0.4 is 5.32 Å². The first-order valence-corrected chi connectivity index (χ1v) is 8.16. The number of nitrogens with one attached hydrogen (secondary N) is 1. The van der Waals surface area contributed by atoms with Gasteiger partial charge in [-0.25, -0.2) is 0 Å². The van der Waals surface area contributed by atoms with E-state index in [9.17, 15) is 4.79 Å². The molecule has 106 valence electrons. The van der Waals surface area contributed by atoms with Crippen LogP contribution >= 0.6 is 11.6 Å². The summed E-state index contributed by atoms with van der Waals surface area (Å²) in [6.07, 6.45) is 6.75. The van der Waals surface area contributed by atoms with Gasteiger partial charge in [-0.15, -0.1) is 0 Å². The maximum absolute atomic E-state index is 12.4. The summed E-state index contributed by atoms with van der Waals surface area (Å²) in [6, 6.07) is 7.63. The van der Waals surface area contributed by atoms with Gasteiger partial charge in [0, 0.05) is 16.6 Å². The fourth-order valence-electron chi connectivity index (χ4n) is 5.12. The quantitative estimate of drug-likeness (QED) is 0.879. The molecule has 0 saturated heterocycles. The molecule has 3 aliphatic rings. The molecular weight excluding hydrogens is 270 g/mol. The standard InChI is InChI=1S/C17H20ClNO/c18-12-4-1-3-10(7-12)17(20)19-16-9-11-8-15(16)14-6-2-5-13(11)14/h1,3-4,7,11,13-16H,2,5-6,8-9H2,(H,19,20). The van der Waals surface area contributed by atoms with Crippen molar-refractivity contribution in [1.29, 1.82) is 0 Å². The average molecular weight is 290 g/mol. The Morgan fingerprint density at radius 3 is 2.85 bits per heavy atom. The van der Waals surface area contributed by atoms with Gasteiger partial charge >= 0.3 is 0 Å². The van der Waals surface area contributed by atoms with E-state index in [-0.39, 0.29) is 5.91 Å². The fourth-order valence-corrected chi connectivity index (χ4v) is 5.31. The van der Waals surface area contributed by atoms with E-state index in [1.807, 2.05) is 12.1 Å². The molecule has 5 unspecified atom stereocenters. The number of hydrogen-bond donors (Lipinski definition) is 1. The van der Waals surface area contributed by atoms with Crippen LogP contribution in [0.3, 0.4) is 0 Å². The number of fused-ring (bicyclic) bond motifs is 5. The Kier molecular flexibility index (Phi) is 3.03. The van der Waals surface area contributed by atoms with Gasteiger partial charge in [0.1, 0.15) is 0 Å². The lowest BCUT2D eigenvalue weighted by Gasteiger charge is -2.32. The molecule has 0 aromatic heterocycles. The fraction of sp³-hybridized carbons (Fsp3) is 0.588. The predicted octanol–water partition coefficient (Wildman–Crippen LogP) is 3.89. The molecule has 1 aromatic rings. The molecule has 0 spiro atoms. The van der Waals surface area contributed by atoms with E-state index in [1.165, 1.54) is 32.1 Å². The molecule has 3 heteroatoms. The molecule has 20 heavy (non-hydrogen) atoms. The SMILES string of the molecule is O=C(NC1CC2CC1C1CCCC21)c1cccc(Cl)c1. The molecule has 4 rings (SSSR count). The average Bonchev–Trinajstić information content (AvgIpc) is 3.10. The number of carbonyl (C=O) groups is 1. The number of halogens is 1. The number of benzene rings is 1. The monoisotopic (exact) mass is 289 g/mol. The number of rotatable bonds is 2. The molecule has 3 saturated carbocycles. The van der Waals surface area contributed by atoms with E-state index in [1.54, 1.807) is 12.1 Å². The molecule has 5 atom stereocenters. The molecule has 2 nitrogen and oxygen atoms in total. The van der Waals surface area contributed by atoms with Crippen molar-refractivity contribution in [3.05, 3.63) is 34.9 Å². The highest BCUT2D eigenvalue weighted by molar-refractivity contribution is 6.30. The van der Waals surface area contributed by atoms with Gasteiger partial charge in [0.15, 0.2) is 0 Å². The Morgan fingerprint density at radius 1 is 1.15 bits per heavy atom. The first-order chi connectivity index (χ1) is 9.72. The zero-order chi connectivity index (χ0) is 13.7. The van der Waals surface area contributed by atoms with Crippen molar-refractivity contribution in [2.45, 2.75) is 38.1 Å². The van der Waals surface area contributed by atoms with Crippen molar-refractivity contribution < 1.29 is 4.79 Å². The lowest BCUT2D eigenvalue weighted by molar-refractivity contribution is 0.0901. The molecule has 3 aliphatic carbocycles. The summed E-state index contributed by atoms with van der Waals surface area (Å²) < 4.78 is 0. The van der Waals surface area contributed by atoms with E-state index in [0.717, 1.165) is 23.7 Å². The van der Waals surface area contributed by atoms with E-state index < -0.39 is 0 Å². The van der Waals surface area contributed by atoms with Crippen LogP contribution in [0.25, 0.3) is 0 Å². The Balaban J connectivity index is 1.47. The van der Waals surface area contributed by atoms with Crippen LogP contribution in [0.1, 0.15) is 42.5 Å². The first-order valence-electron chi connectivity index (χ1n) is 7.79. The molecule has 0 heterocycles. The normalized spacial score (nSPS) is 38.0. The van der Waals surface area contributed by atoms with Crippen LogP contribution in [0, 0.1) is 23.7 Å². The van der Waals surface area contributed by atoms with Crippen molar-refractivity contribution in [3.8, 4) is 0 Å². The van der Waals surface area contributed by atoms with Crippen LogP contribution in [0.4, 0.5) is 0 Å². The van der Waals surface area contributed by atoms with Gasteiger partial charge in [0.2, 0.25) is 0 Å². The molecule has 1 N–H and O–H groups in total. The van der Waals surface area contributed by atoms with Crippen molar-refractivity contribution in [3.63, 3.8) is 0 Å². The second-order valence-electron chi connectivity index (χ2n) is 6.74. The first kappa shape index (κ1) is 12.7. The largest absolute Gasteiger partial charge is 0.349 e. The molecule has 0 aliphatic heterocycles. The van der Waals surface area contributed by atoms with Gasteiger partial charge in [0.25, 0.3) is 5.91 Å². The van der Waals surface area contributed by atoms with Gasteiger partial charge in [0.05, 0.1) is 0 Å². The van der Waals surface area contributed by atoms with E-state index >= 15 is 0 Å². The van der Waals surface area contributed by atoms with Gasteiger partial charge in [-0.2, -0.15) is 0 Å². The maximum Gasteiger partial charge on any atom is 0.251 e. The van der Waals surface area contributed by atoms with Gasteiger partial charge in [-0.05, 0) is 67.6 Å². The van der Waals surface area contributed by atoms with Crippen LogP contribution in [0.5, 0.6) is 0 Å². The number of hydrogen-bond acceptors (Lipinski definition) is 1. The Hall–Kier alpha value is -1.02. The third-order valence-electron chi connectivity index (χ3n) is 5.83. The van der Waals surface area contributed by atoms with Crippen LogP contribution in [-0.4, -0.2) is 11.9 Å². The summed E-state index contributed by atoms with van der Waals surface area (Å²) >= 11 is 5.96. The summed E-state index contributed by atoms with van der Waals surface area (Å²) in [4.78, 5) is 12.4. The van der Waals surface area contributed by atoms with Crippen LogP contribution in [-0.2, 0) is 0 Å². The smallest absolute Gasteiger partial charge is 0.251 e. The minimum absolute atomic E-state index is 0.0413. The molecule has 0 radical (unpaired) electrons. The van der Waals surface area contributed by atoms with E-state index in [2.05, 4.69) is 5.32 Å². The highest BCUT2D eigenvalue weighted by Gasteiger charge is 2.53. The molecular formula is C17H20ClNO. The Bertz CT molecular complexity index is 544. The highest BCUT2D eigenvalue weighted by atomic mass is 35.5. The minimum Gasteiger partial charge on any atom is -0.349 e. The molecule has 2 bridgehead atoms. The predicted molar refractivity (Wildman–Crippen MR) is 79.8 cm³/mol. The molecule has 3 fully saturated rings. The molecule has 1 amide bonds. The summed E-state index contributed by atoms with van der Waals surface area (Å²) in [5, 5.41) is 3.90. The summed E-state index contributed by atoms with van der Waals surface area (Å²) in [5.74, 6) is 3.50. The van der Waals surface area contributed by atoms with Crippen molar-refractivity contribution in [2.75, 3.05) is 0 Å². The molecule has 1 aromatic carbocycles. The van der Waals surface area contributed by atoms with Crippen molar-refractivity contribution >= 4 is 17.5 Å². The van der Waals surface area contributed by atoms with Gasteiger partial charge in [-0.3, -0.25) is 4.79 Å². The second-order valence-corrected chi connectivity index (χ2v) is 7.18. The maximum atomic E-state index is 12.4. The van der Waals surface area contributed by atoms with Crippen LogP contribution in [0.15, 0.2) is 24.3 Å². The zero-order valence-corrected chi connectivity index (χ0v) is 12.3. The Labute approximate surface area is 124 Å². The third-order valence-corrected chi connectivity index (χ3v) is 6.07. The topological polar surface area (TPSA) is 29.1 Å². The number of amides is 1. The third kappa shape index (κ3) is 1.96. The van der Waals surface area contributed by atoms with Crippen LogP contribution in [0.2, 0.25) is 5.02 Å². The minimum atomic E-state index is 0.0413. The zero-order valence-electron chi connectivity index (χ0n) is 11.5. The van der Waals surface area contributed by atoms with Gasteiger partial charge in [-0.1, -0.05) is 24.1 Å². The summed E-state index contributed by atoms with van der Waals surface area (Å²) in [7, 11) is 0. The number of carbonyl (C=O) groups excluding carboxylic acids is 1. The van der Waals surface area contributed by atoms with Crippen molar-refractivity contribution in [1.82, 2.24) is 5.32 Å². The van der Waals surface area contributed by atoms with Crippen molar-refractivity contribution in [2.24, 2.45) is 23.7 Å². The lowest BCUT2D eigenvalue weighted by atomic mass is 9.79. The van der Waals surface area contributed by atoms with E-state index in [0.29, 0.717) is 16.6 Å². The van der Waals surface area contributed by atoms with Gasteiger partial charge < -0.3 is 5.32 Å². The summed E-state index contributed by atoms with van der Waals surface area (Å²) in [5.41, 5.74) is 0.684. The summed E-state index contributed by atoms with van der Waals surface area (Å²) in [6.45, 7) is 0. The lowest BCUT2D eigenvalue weighted by Crippen LogP contribution is -2.42.